The number of nitrogens with zero attached hydrogens (tertiary/aromatic N) is 2. The van der Waals surface area contributed by atoms with Crippen molar-refractivity contribution < 1.29 is 4.39 Å². The van der Waals surface area contributed by atoms with E-state index in [4.69, 9.17) is 0 Å². The van der Waals surface area contributed by atoms with Gasteiger partial charge in [0.15, 0.2) is 0 Å². The van der Waals surface area contributed by atoms with Crippen molar-refractivity contribution in [3.63, 3.8) is 0 Å². The molecule has 0 atom stereocenters. The Morgan fingerprint density at radius 3 is 2.94 bits per heavy atom. The zero-order valence-electron chi connectivity index (χ0n) is 10.1. The van der Waals surface area contributed by atoms with Gasteiger partial charge in [-0.1, -0.05) is 24.8 Å². The molecule has 1 aromatic heterocycles. The molecule has 0 aliphatic carbocycles. The summed E-state index contributed by atoms with van der Waals surface area (Å²) in [5, 5.41) is 3.96. The van der Waals surface area contributed by atoms with Gasteiger partial charge in [-0.05, 0) is 24.7 Å². The van der Waals surface area contributed by atoms with Crippen LogP contribution >= 0.6 is 11.8 Å². The minimum Gasteiger partial charge on any atom is -0.313 e. The molecule has 5 heteroatoms. The standard InChI is InChI=1S/C13H14FN3S/c1-2-15-8-10-11(14)4-3-5-12(10)18-13-6-7-16-9-17-13/h3-7,9,15H,2,8H2,1H3. The first-order valence-electron chi connectivity index (χ1n) is 5.73. The fourth-order valence-corrected chi connectivity index (χ4v) is 2.40. The third kappa shape index (κ3) is 3.27. The lowest BCUT2D eigenvalue weighted by atomic mass is 10.2. The van der Waals surface area contributed by atoms with Crippen molar-refractivity contribution in [3.8, 4) is 0 Å². The summed E-state index contributed by atoms with van der Waals surface area (Å²) in [6, 6.07) is 6.92. The number of hydrogen-bond acceptors (Lipinski definition) is 4. The van der Waals surface area contributed by atoms with Gasteiger partial charge in [-0.15, -0.1) is 0 Å². The second-order valence-electron chi connectivity index (χ2n) is 3.65. The van der Waals surface area contributed by atoms with E-state index >= 15 is 0 Å². The second kappa shape index (κ2) is 6.47. The van der Waals surface area contributed by atoms with Crippen LogP contribution in [0.3, 0.4) is 0 Å². The summed E-state index contributed by atoms with van der Waals surface area (Å²) in [5.41, 5.74) is 0.683. The molecule has 0 radical (unpaired) electrons. The van der Waals surface area contributed by atoms with Crippen LogP contribution in [0.25, 0.3) is 0 Å². The van der Waals surface area contributed by atoms with E-state index in [9.17, 15) is 4.39 Å². The Bertz CT molecular complexity index is 505. The Hall–Kier alpha value is -1.46. The van der Waals surface area contributed by atoms with Crippen molar-refractivity contribution in [3.05, 3.63) is 48.2 Å². The van der Waals surface area contributed by atoms with Crippen molar-refractivity contribution in [2.45, 2.75) is 23.4 Å². The van der Waals surface area contributed by atoms with Gasteiger partial charge in [-0.25, -0.2) is 14.4 Å². The monoisotopic (exact) mass is 263 g/mol. The summed E-state index contributed by atoms with van der Waals surface area (Å²) in [6.45, 7) is 3.33. The molecule has 2 aromatic rings. The van der Waals surface area contributed by atoms with Crippen molar-refractivity contribution in [1.82, 2.24) is 15.3 Å². The Morgan fingerprint density at radius 1 is 1.33 bits per heavy atom. The Morgan fingerprint density at radius 2 is 2.22 bits per heavy atom. The summed E-state index contributed by atoms with van der Waals surface area (Å²) in [7, 11) is 0. The van der Waals surface area contributed by atoms with Gasteiger partial charge in [-0.3, -0.25) is 0 Å². The predicted molar refractivity (Wildman–Crippen MR) is 69.9 cm³/mol. The summed E-state index contributed by atoms with van der Waals surface area (Å²) in [6.07, 6.45) is 3.17. The maximum Gasteiger partial charge on any atom is 0.128 e. The van der Waals surface area contributed by atoms with E-state index in [2.05, 4.69) is 15.3 Å². The summed E-state index contributed by atoms with van der Waals surface area (Å²) in [5.74, 6) is -0.185. The van der Waals surface area contributed by atoms with Crippen LogP contribution in [-0.4, -0.2) is 16.5 Å². The quantitative estimate of drug-likeness (QED) is 0.842. The van der Waals surface area contributed by atoms with Gasteiger partial charge in [-0.2, -0.15) is 0 Å². The molecule has 0 aliphatic heterocycles. The highest BCUT2D eigenvalue weighted by Gasteiger charge is 2.09. The average Bonchev–Trinajstić information content (AvgIpc) is 2.39. The molecule has 0 unspecified atom stereocenters. The maximum atomic E-state index is 13.8. The molecule has 0 spiro atoms. The van der Waals surface area contributed by atoms with E-state index in [1.807, 2.05) is 19.1 Å². The highest BCUT2D eigenvalue weighted by atomic mass is 32.2. The number of halogens is 1. The molecular weight excluding hydrogens is 249 g/mol. The number of rotatable bonds is 5. The molecule has 18 heavy (non-hydrogen) atoms. The molecular formula is C13H14FN3S. The third-order valence-electron chi connectivity index (χ3n) is 2.40. The van der Waals surface area contributed by atoms with Crippen LogP contribution < -0.4 is 5.32 Å². The topological polar surface area (TPSA) is 37.8 Å². The SMILES string of the molecule is CCNCc1c(F)cccc1Sc1ccncn1. The molecule has 0 aliphatic rings. The smallest absolute Gasteiger partial charge is 0.128 e. The molecule has 0 bridgehead atoms. The fraction of sp³-hybridized carbons (Fsp3) is 0.231. The second-order valence-corrected chi connectivity index (χ2v) is 4.71. The zero-order valence-corrected chi connectivity index (χ0v) is 10.9. The first-order valence-corrected chi connectivity index (χ1v) is 6.55. The van der Waals surface area contributed by atoms with Crippen molar-refractivity contribution >= 4 is 11.8 Å². The maximum absolute atomic E-state index is 13.8. The van der Waals surface area contributed by atoms with Gasteiger partial charge in [0.1, 0.15) is 17.2 Å². The van der Waals surface area contributed by atoms with Crippen LogP contribution in [0.1, 0.15) is 12.5 Å². The predicted octanol–water partition coefficient (Wildman–Crippen LogP) is 2.88. The molecule has 2 rings (SSSR count). The highest BCUT2D eigenvalue weighted by molar-refractivity contribution is 7.99. The van der Waals surface area contributed by atoms with Crippen LogP contribution in [0.5, 0.6) is 0 Å². The lowest BCUT2D eigenvalue weighted by Gasteiger charge is -2.10. The first-order chi connectivity index (χ1) is 8.81. The van der Waals surface area contributed by atoms with Crippen LogP contribution in [0.4, 0.5) is 4.39 Å². The molecule has 3 nitrogen and oxygen atoms in total. The molecule has 0 fully saturated rings. The number of nitrogens with one attached hydrogen (secondary N) is 1. The third-order valence-corrected chi connectivity index (χ3v) is 3.45. The van der Waals surface area contributed by atoms with E-state index in [-0.39, 0.29) is 5.82 Å². The van der Waals surface area contributed by atoms with Crippen LogP contribution in [-0.2, 0) is 6.54 Å². The van der Waals surface area contributed by atoms with E-state index < -0.39 is 0 Å². The Balaban J connectivity index is 2.24. The molecule has 1 heterocycles. The van der Waals surface area contributed by atoms with Gasteiger partial charge < -0.3 is 5.32 Å². The van der Waals surface area contributed by atoms with E-state index in [1.54, 1.807) is 12.3 Å². The van der Waals surface area contributed by atoms with Gasteiger partial charge in [0.05, 0.1) is 0 Å². The summed E-state index contributed by atoms with van der Waals surface area (Å²) >= 11 is 1.45. The lowest BCUT2D eigenvalue weighted by Crippen LogP contribution is -2.13. The largest absolute Gasteiger partial charge is 0.313 e. The Labute approximate surface area is 110 Å². The van der Waals surface area contributed by atoms with Crippen molar-refractivity contribution in [2.75, 3.05) is 6.54 Å². The Kier molecular flexibility index (Phi) is 4.66. The van der Waals surface area contributed by atoms with Crippen LogP contribution in [0.15, 0.2) is 46.7 Å². The molecule has 0 saturated heterocycles. The summed E-state index contributed by atoms with van der Waals surface area (Å²) < 4.78 is 13.8. The fourth-order valence-electron chi connectivity index (χ4n) is 1.51. The van der Waals surface area contributed by atoms with Gasteiger partial charge in [0.2, 0.25) is 0 Å². The number of hydrogen-bond donors (Lipinski definition) is 1. The van der Waals surface area contributed by atoms with Gasteiger partial charge >= 0.3 is 0 Å². The van der Waals surface area contributed by atoms with E-state index in [0.717, 1.165) is 16.5 Å². The molecule has 94 valence electrons. The number of aromatic nitrogens is 2. The van der Waals surface area contributed by atoms with Gasteiger partial charge in [0, 0.05) is 23.2 Å². The lowest BCUT2D eigenvalue weighted by molar-refractivity contribution is 0.585. The minimum atomic E-state index is -0.185. The first kappa shape index (κ1) is 13.0. The molecule has 0 amide bonds. The highest BCUT2D eigenvalue weighted by Crippen LogP contribution is 2.29. The normalized spacial score (nSPS) is 10.6. The van der Waals surface area contributed by atoms with Crippen LogP contribution in [0, 0.1) is 5.82 Å². The van der Waals surface area contributed by atoms with Crippen molar-refractivity contribution in [1.29, 1.82) is 0 Å². The summed E-state index contributed by atoms with van der Waals surface area (Å²) in [4.78, 5) is 8.88. The zero-order chi connectivity index (χ0) is 12.8. The van der Waals surface area contributed by atoms with Crippen LogP contribution in [0.2, 0.25) is 0 Å². The average molecular weight is 263 g/mol. The number of benzene rings is 1. The van der Waals surface area contributed by atoms with Crippen molar-refractivity contribution in [2.24, 2.45) is 0 Å². The molecule has 1 N–H and O–H groups in total. The van der Waals surface area contributed by atoms with E-state index in [1.165, 1.54) is 24.2 Å². The molecule has 1 aromatic carbocycles. The van der Waals surface area contributed by atoms with Gasteiger partial charge in [0.25, 0.3) is 0 Å². The molecule has 0 saturated carbocycles. The minimum absolute atomic E-state index is 0.185. The van der Waals surface area contributed by atoms with E-state index in [0.29, 0.717) is 12.1 Å².